The summed E-state index contributed by atoms with van der Waals surface area (Å²) in [5, 5.41) is 3.01. The Bertz CT molecular complexity index is 829. The first-order valence-electron chi connectivity index (χ1n) is 10.3. The van der Waals surface area contributed by atoms with Gasteiger partial charge in [0.15, 0.2) is 17.6 Å². The third-order valence-corrected chi connectivity index (χ3v) is 5.31. The maximum atomic E-state index is 12.6. The Labute approximate surface area is 173 Å². The standard InChI is InChI=1S/C24H31NO4/c1-16-8-7-11-21(14-16)28-18(3)24(26)25-17(2)19-12-13-22(23(15-19)27-4)29-20-9-5-6-10-20/h7-8,11-15,17-18,20H,5-6,9-10H2,1-4H3,(H,25,26). The molecule has 1 N–H and O–H groups in total. The van der Waals surface area contributed by atoms with Crippen LogP contribution in [0.5, 0.6) is 17.2 Å². The summed E-state index contributed by atoms with van der Waals surface area (Å²) < 4.78 is 17.4. The van der Waals surface area contributed by atoms with Crippen LogP contribution in [0.3, 0.4) is 0 Å². The molecule has 1 amide bonds. The predicted molar refractivity (Wildman–Crippen MR) is 114 cm³/mol. The molecule has 0 saturated heterocycles. The number of aryl methyl sites for hydroxylation is 1. The van der Waals surface area contributed by atoms with E-state index in [1.165, 1.54) is 12.8 Å². The van der Waals surface area contributed by atoms with Gasteiger partial charge in [-0.1, -0.05) is 18.2 Å². The first kappa shape index (κ1) is 21.0. The monoisotopic (exact) mass is 397 g/mol. The number of carbonyl (C=O) groups is 1. The van der Waals surface area contributed by atoms with Gasteiger partial charge >= 0.3 is 0 Å². The molecule has 0 radical (unpaired) electrons. The van der Waals surface area contributed by atoms with Crippen LogP contribution in [-0.4, -0.2) is 25.2 Å². The lowest BCUT2D eigenvalue weighted by atomic mass is 10.1. The van der Waals surface area contributed by atoms with E-state index in [2.05, 4.69) is 5.32 Å². The van der Waals surface area contributed by atoms with Crippen molar-refractivity contribution in [2.45, 2.75) is 64.7 Å². The molecule has 3 rings (SSSR count). The number of rotatable bonds is 8. The molecule has 1 aliphatic rings. The maximum Gasteiger partial charge on any atom is 0.261 e. The minimum Gasteiger partial charge on any atom is -0.493 e. The largest absolute Gasteiger partial charge is 0.493 e. The summed E-state index contributed by atoms with van der Waals surface area (Å²) in [4.78, 5) is 12.6. The summed E-state index contributed by atoms with van der Waals surface area (Å²) in [7, 11) is 1.64. The first-order chi connectivity index (χ1) is 14.0. The highest BCUT2D eigenvalue weighted by molar-refractivity contribution is 5.81. The van der Waals surface area contributed by atoms with Gasteiger partial charge in [-0.05, 0) is 81.8 Å². The van der Waals surface area contributed by atoms with E-state index in [0.29, 0.717) is 11.5 Å². The van der Waals surface area contributed by atoms with Crippen molar-refractivity contribution in [1.82, 2.24) is 5.32 Å². The summed E-state index contributed by atoms with van der Waals surface area (Å²) in [5.41, 5.74) is 2.05. The molecule has 29 heavy (non-hydrogen) atoms. The van der Waals surface area contributed by atoms with E-state index in [-0.39, 0.29) is 18.1 Å². The quantitative estimate of drug-likeness (QED) is 0.683. The third kappa shape index (κ3) is 5.66. The fraction of sp³-hybridized carbons (Fsp3) is 0.458. The zero-order chi connectivity index (χ0) is 20.8. The molecular formula is C24H31NO4. The van der Waals surface area contributed by atoms with Crippen molar-refractivity contribution in [2.24, 2.45) is 0 Å². The van der Waals surface area contributed by atoms with Gasteiger partial charge in [0.05, 0.1) is 19.3 Å². The second kappa shape index (κ2) is 9.68. The summed E-state index contributed by atoms with van der Waals surface area (Å²) in [6, 6.07) is 13.3. The highest BCUT2D eigenvalue weighted by Crippen LogP contribution is 2.33. The zero-order valence-electron chi connectivity index (χ0n) is 17.7. The van der Waals surface area contributed by atoms with Crippen LogP contribution in [0.1, 0.15) is 56.7 Å². The Morgan fingerprint density at radius 3 is 2.52 bits per heavy atom. The highest BCUT2D eigenvalue weighted by atomic mass is 16.5. The van der Waals surface area contributed by atoms with E-state index in [4.69, 9.17) is 14.2 Å². The summed E-state index contributed by atoms with van der Waals surface area (Å²) >= 11 is 0. The van der Waals surface area contributed by atoms with Crippen LogP contribution in [-0.2, 0) is 4.79 Å². The van der Waals surface area contributed by atoms with Crippen molar-refractivity contribution < 1.29 is 19.0 Å². The maximum absolute atomic E-state index is 12.6. The Kier molecular flexibility index (Phi) is 7.02. The number of ether oxygens (including phenoxy) is 3. The van der Waals surface area contributed by atoms with Crippen molar-refractivity contribution in [2.75, 3.05) is 7.11 Å². The number of amides is 1. The molecule has 1 saturated carbocycles. The van der Waals surface area contributed by atoms with Crippen molar-refractivity contribution in [3.63, 3.8) is 0 Å². The molecule has 1 aliphatic carbocycles. The normalized spacial score (nSPS) is 16.1. The average Bonchev–Trinajstić information content (AvgIpc) is 3.21. The van der Waals surface area contributed by atoms with E-state index in [0.717, 1.165) is 29.7 Å². The van der Waals surface area contributed by atoms with E-state index in [1.54, 1.807) is 14.0 Å². The van der Waals surface area contributed by atoms with Gasteiger partial charge in [-0.3, -0.25) is 4.79 Å². The number of hydrogen-bond donors (Lipinski definition) is 1. The zero-order valence-corrected chi connectivity index (χ0v) is 17.7. The molecule has 0 aliphatic heterocycles. The lowest BCUT2D eigenvalue weighted by Gasteiger charge is -2.21. The van der Waals surface area contributed by atoms with Crippen LogP contribution in [0.25, 0.3) is 0 Å². The Balaban J connectivity index is 1.61. The third-order valence-electron chi connectivity index (χ3n) is 5.31. The highest BCUT2D eigenvalue weighted by Gasteiger charge is 2.21. The van der Waals surface area contributed by atoms with Crippen molar-refractivity contribution >= 4 is 5.91 Å². The molecule has 5 heteroatoms. The molecule has 2 aromatic carbocycles. The van der Waals surface area contributed by atoms with E-state index < -0.39 is 6.10 Å². The average molecular weight is 398 g/mol. The Hall–Kier alpha value is -2.69. The van der Waals surface area contributed by atoms with E-state index >= 15 is 0 Å². The molecule has 0 spiro atoms. The fourth-order valence-electron chi connectivity index (χ4n) is 3.60. The SMILES string of the molecule is COc1cc(C(C)NC(=O)C(C)Oc2cccc(C)c2)ccc1OC1CCCC1. The lowest BCUT2D eigenvalue weighted by Crippen LogP contribution is -2.37. The molecule has 0 heterocycles. The second-order valence-corrected chi connectivity index (χ2v) is 7.74. The summed E-state index contributed by atoms with van der Waals surface area (Å²) in [6.45, 7) is 5.69. The fourth-order valence-corrected chi connectivity index (χ4v) is 3.60. The topological polar surface area (TPSA) is 56.8 Å². The van der Waals surface area contributed by atoms with Gasteiger partial charge in [-0.25, -0.2) is 0 Å². The summed E-state index contributed by atoms with van der Waals surface area (Å²) in [5.74, 6) is 1.98. The van der Waals surface area contributed by atoms with Gasteiger partial charge < -0.3 is 19.5 Å². The van der Waals surface area contributed by atoms with Gasteiger partial charge in [-0.15, -0.1) is 0 Å². The van der Waals surface area contributed by atoms with Crippen LogP contribution in [0.15, 0.2) is 42.5 Å². The minimum absolute atomic E-state index is 0.163. The Morgan fingerprint density at radius 2 is 1.83 bits per heavy atom. The van der Waals surface area contributed by atoms with Crippen LogP contribution in [0, 0.1) is 6.92 Å². The lowest BCUT2D eigenvalue weighted by molar-refractivity contribution is -0.127. The van der Waals surface area contributed by atoms with Gasteiger partial charge in [0.25, 0.3) is 5.91 Å². The van der Waals surface area contributed by atoms with E-state index in [9.17, 15) is 4.79 Å². The predicted octanol–water partition coefficient (Wildman–Crippen LogP) is 4.97. The van der Waals surface area contributed by atoms with Crippen molar-refractivity contribution in [3.05, 3.63) is 53.6 Å². The molecule has 5 nitrogen and oxygen atoms in total. The van der Waals surface area contributed by atoms with Crippen LogP contribution < -0.4 is 19.5 Å². The van der Waals surface area contributed by atoms with Crippen LogP contribution >= 0.6 is 0 Å². The van der Waals surface area contributed by atoms with Gasteiger partial charge in [-0.2, -0.15) is 0 Å². The van der Waals surface area contributed by atoms with Crippen molar-refractivity contribution in [3.8, 4) is 17.2 Å². The molecule has 0 bridgehead atoms. The smallest absolute Gasteiger partial charge is 0.261 e. The molecule has 2 atom stereocenters. The van der Waals surface area contributed by atoms with Gasteiger partial charge in [0.1, 0.15) is 5.75 Å². The molecule has 2 aromatic rings. The van der Waals surface area contributed by atoms with Crippen molar-refractivity contribution in [1.29, 1.82) is 0 Å². The molecule has 2 unspecified atom stereocenters. The minimum atomic E-state index is -0.592. The van der Waals surface area contributed by atoms with E-state index in [1.807, 2.05) is 56.3 Å². The number of benzene rings is 2. The number of carbonyl (C=O) groups excluding carboxylic acids is 1. The van der Waals surface area contributed by atoms with Crippen LogP contribution in [0.4, 0.5) is 0 Å². The number of hydrogen-bond acceptors (Lipinski definition) is 4. The molecule has 156 valence electrons. The Morgan fingerprint density at radius 1 is 1.07 bits per heavy atom. The molecule has 1 fully saturated rings. The molecule has 0 aromatic heterocycles. The van der Waals surface area contributed by atoms with Gasteiger partial charge in [0, 0.05) is 0 Å². The summed E-state index contributed by atoms with van der Waals surface area (Å²) in [6.07, 6.45) is 4.30. The van der Waals surface area contributed by atoms with Gasteiger partial charge in [0.2, 0.25) is 0 Å². The second-order valence-electron chi connectivity index (χ2n) is 7.74. The van der Waals surface area contributed by atoms with Crippen LogP contribution in [0.2, 0.25) is 0 Å². The number of nitrogens with one attached hydrogen (secondary N) is 1. The first-order valence-corrected chi connectivity index (χ1v) is 10.3. The molecular weight excluding hydrogens is 366 g/mol. The number of methoxy groups -OCH3 is 1.